The summed E-state index contributed by atoms with van der Waals surface area (Å²) < 4.78 is 6.39. The zero-order valence-electron chi connectivity index (χ0n) is 26.8. The normalized spacial score (nSPS) is 49.1. The third-order valence-electron chi connectivity index (χ3n) is 15.4. The molecule has 5 saturated carbocycles. The van der Waals surface area contributed by atoms with E-state index in [0.717, 1.165) is 70.9 Å². The number of fused-ring (bicyclic) bond motifs is 7. The first-order valence-corrected chi connectivity index (χ1v) is 17.0. The lowest BCUT2D eigenvalue weighted by molar-refractivity contribution is -0.251. The summed E-state index contributed by atoms with van der Waals surface area (Å²) in [4.78, 5) is 26.1. The number of allylic oxidation sites excluding steroid dienone is 1. The van der Waals surface area contributed by atoms with Gasteiger partial charge in [-0.05, 0) is 143 Å². The number of carboxylic acid groups (broad SMARTS) is 1. The van der Waals surface area contributed by atoms with Crippen molar-refractivity contribution in [3.05, 3.63) is 12.2 Å². The van der Waals surface area contributed by atoms with E-state index in [9.17, 15) is 14.7 Å². The van der Waals surface area contributed by atoms with E-state index in [2.05, 4.69) is 53.4 Å². The number of piperidine rings is 1. The summed E-state index contributed by atoms with van der Waals surface area (Å²) in [6.07, 6.45) is 12.3. The number of ether oxygens (including phenoxy) is 1. The van der Waals surface area contributed by atoms with E-state index in [1.54, 1.807) is 0 Å². The van der Waals surface area contributed by atoms with Gasteiger partial charge in [-0.2, -0.15) is 0 Å². The summed E-state index contributed by atoms with van der Waals surface area (Å²) >= 11 is 0. The molecule has 5 heteroatoms. The van der Waals surface area contributed by atoms with Crippen molar-refractivity contribution in [2.24, 2.45) is 62.6 Å². The molecule has 5 aliphatic carbocycles. The van der Waals surface area contributed by atoms with Gasteiger partial charge in [0.25, 0.3) is 0 Å². The second-order valence-electron chi connectivity index (χ2n) is 17.0. The van der Waals surface area contributed by atoms with Gasteiger partial charge >= 0.3 is 11.9 Å². The first-order valence-electron chi connectivity index (χ1n) is 17.0. The highest BCUT2D eigenvalue weighted by Crippen LogP contribution is 2.77. The van der Waals surface area contributed by atoms with Crippen molar-refractivity contribution >= 4 is 11.9 Å². The number of hydrogen-bond acceptors (Lipinski definition) is 4. The maximum absolute atomic E-state index is 13.2. The molecule has 1 aliphatic heterocycles. The zero-order chi connectivity index (χ0) is 29.6. The molecule has 0 aromatic rings. The summed E-state index contributed by atoms with van der Waals surface area (Å²) in [6, 6.07) is 0. The molecule has 5 nitrogen and oxygen atoms in total. The second kappa shape index (κ2) is 9.83. The van der Waals surface area contributed by atoms with Crippen molar-refractivity contribution < 1.29 is 19.4 Å². The summed E-state index contributed by atoms with van der Waals surface area (Å²) in [6.45, 7) is 20.9. The van der Waals surface area contributed by atoms with Crippen LogP contribution in [0.5, 0.6) is 0 Å². The Bertz CT molecular complexity index is 1090. The number of aliphatic carboxylic acids is 1. The Morgan fingerprint density at radius 2 is 1.51 bits per heavy atom. The molecule has 0 spiro atoms. The van der Waals surface area contributed by atoms with E-state index in [0.29, 0.717) is 23.7 Å². The average Bonchev–Trinajstić information content (AvgIpc) is 3.33. The Morgan fingerprint density at radius 3 is 2.17 bits per heavy atom. The van der Waals surface area contributed by atoms with Gasteiger partial charge < -0.3 is 15.2 Å². The molecule has 10 atom stereocenters. The number of carbonyl (C=O) groups excluding carboxylic acids is 1. The molecular weight excluding hydrogens is 510 g/mol. The first kappa shape index (κ1) is 29.7. The molecule has 6 fully saturated rings. The van der Waals surface area contributed by atoms with Crippen LogP contribution in [0.15, 0.2) is 12.2 Å². The highest BCUT2D eigenvalue weighted by molar-refractivity contribution is 5.76. The average molecular weight is 568 g/mol. The molecule has 2 N–H and O–H groups in total. The van der Waals surface area contributed by atoms with Crippen molar-refractivity contribution in [3.63, 3.8) is 0 Å². The molecule has 6 rings (SSSR count). The van der Waals surface area contributed by atoms with Crippen LogP contribution < -0.4 is 5.32 Å². The quantitative estimate of drug-likeness (QED) is 0.270. The highest BCUT2D eigenvalue weighted by atomic mass is 16.5. The predicted molar refractivity (Wildman–Crippen MR) is 162 cm³/mol. The Hall–Kier alpha value is -1.36. The first-order chi connectivity index (χ1) is 19.2. The standard InChI is InChI=1S/C36H57NO4/c1-22(2)24-10-17-36(31(39)40)19-18-34(6)25(29(24)36)8-9-27-33(5)15-12-28(41-30(38)23-13-20-37-21-14-23)32(3,4)26(33)11-16-35(27,34)7/h23-29,37H,1,8-21H2,2-7H3,(H,39,40)/t24-,25+,26-,27+,28-,29+,33-,34+,35+,36-/m0/s1. The maximum atomic E-state index is 13.2. The van der Waals surface area contributed by atoms with Crippen LogP contribution in [-0.2, 0) is 14.3 Å². The van der Waals surface area contributed by atoms with Gasteiger partial charge in [-0.15, -0.1) is 0 Å². The minimum Gasteiger partial charge on any atom is -0.481 e. The Morgan fingerprint density at radius 1 is 0.805 bits per heavy atom. The molecule has 1 saturated heterocycles. The van der Waals surface area contributed by atoms with Crippen molar-refractivity contribution in [1.29, 1.82) is 0 Å². The molecule has 0 unspecified atom stereocenters. The van der Waals surface area contributed by atoms with Gasteiger partial charge in [-0.3, -0.25) is 9.59 Å². The van der Waals surface area contributed by atoms with Crippen molar-refractivity contribution in [2.45, 2.75) is 125 Å². The highest BCUT2D eigenvalue weighted by Gasteiger charge is 2.72. The van der Waals surface area contributed by atoms with Crippen LogP contribution in [0.25, 0.3) is 0 Å². The van der Waals surface area contributed by atoms with Gasteiger partial charge in [0.05, 0.1) is 11.3 Å². The largest absolute Gasteiger partial charge is 0.481 e. The van der Waals surface area contributed by atoms with Gasteiger partial charge in [-0.25, -0.2) is 0 Å². The number of carboxylic acids is 1. The molecule has 1 heterocycles. The smallest absolute Gasteiger partial charge is 0.309 e. The van der Waals surface area contributed by atoms with E-state index in [-0.39, 0.29) is 45.6 Å². The minimum absolute atomic E-state index is 0.0000743. The molecule has 6 aliphatic rings. The SMILES string of the molecule is C=C(C)[C@@H]1CC[C@]2(C(=O)O)CC[C@]3(C)[C@H](CC[C@@H]4[C@@]5(C)CC[C@H](OC(=O)C6CCNCC6)C(C)(C)[C@@H]5CC[C@]43C)[C@@H]12. The molecular formula is C36H57NO4. The van der Waals surface area contributed by atoms with Gasteiger partial charge in [-0.1, -0.05) is 46.8 Å². The van der Waals surface area contributed by atoms with E-state index in [1.807, 2.05) is 0 Å². The third kappa shape index (κ3) is 4.02. The van der Waals surface area contributed by atoms with Gasteiger partial charge in [0.2, 0.25) is 0 Å². The monoisotopic (exact) mass is 567 g/mol. The lowest BCUT2D eigenvalue weighted by Crippen LogP contribution is -2.67. The maximum Gasteiger partial charge on any atom is 0.309 e. The fourth-order valence-electron chi connectivity index (χ4n) is 13.0. The molecule has 230 valence electrons. The van der Waals surface area contributed by atoms with Crippen LogP contribution in [0.1, 0.15) is 119 Å². The van der Waals surface area contributed by atoms with E-state index in [4.69, 9.17) is 4.74 Å². The summed E-state index contributed by atoms with van der Waals surface area (Å²) in [5.41, 5.74) is 1.15. The van der Waals surface area contributed by atoms with Gasteiger partial charge in [0.15, 0.2) is 0 Å². The number of hydrogen-bond donors (Lipinski definition) is 2. The molecule has 0 radical (unpaired) electrons. The van der Waals surface area contributed by atoms with Crippen molar-refractivity contribution in [1.82, 2.24) is 5.32 Å². The Balaban J connectivity index is 1.28. The molecule has 0 amide bonds. The van der Waals surface area contributed by atoms with E-state index >= 15 is 0 Å². The number of esters is 1. The Labute approximate surface area is 249 Å². The second-order valence-corrected chi connectivity index (χ2v) is 17.0. The topological polar surface area (TPSA) is 75.6 Å². The number of nitrogens with one attached hydrogen (secondary N) is 1. The Kier molecular flexibility index (Phi) is 7.12. The fourth-order valence-corrected chi connectivity index (χ4v) is 13.0. The lowest BCUT2D eigenvalue weighted by atomic mass is 9.32. The predicted octanol–water partition coefficient (Wildman–Crippen LogP) is 7.64. The van der Waals surface area contributed by atoms with Crippen LogP contribution in [0, 0.1) is 62.6 Å². The van der Waals surface area contributed by atoms with Gasteiger partial charge in [0, 0.05) is 5.41 Å². The summed E-state index contributed by atoms with van der Waals surface area (Å²) in [5, 5.41) is 14.0. The summed E-state index contributed by atoms with van der Waals surface area (Å²) in [7, 11) is 0. The van der Waals surface area contributed by atoms with Crippen LogP contribution in [-0.4, -0.2) is 36.2 Å². The number of carbonyl (C=O) groups is 2. The van der Waals surface area contributed by atoms with Crippen LogP contribution >= 0.6 is 0 Å². The molecule has 0 bridgehead atoms. The van der Waals surface area contributed by atoms with Crippen molar-refractivity contribution in [2.75, 3.05) is 13.1 Å². The van der Waals surface area contributed by atoms with E-state index in [1.165, 1.54) is 24.8 Å². The molecule has 41 heavy (non-hydrogen) atoms. The minimum atomic E-state index is -0.559. The lowest BCUT2D eigenvalue weighted by Gasteiger charge is -2.72. The van der Waals surface area contributed by atoms with Gasteiger partial charge in [0.1, 0.15) is 6.10 Å². The van der Waals surface area contributed by atoms with Crippen LogP contribution in [0.2, 0.25) is 0 Å². The van der Waals surface area contributed by atoms with E-state index < -0.39 is 11.4 Å². The number of rotatable bonds is 4. The fraction of sp³-hybridized carbons (Fsp3) is 0.889. The third-order valence-corrected chi connectivity index (χ3v) is 15.4. The molecule has 0 aromatic carbocycles. The van der Waals surface area contributed by atoms with Crippen LogP contribution in [0.4, 0.5) is 0 Å². The zero-order valence-corrected chi connectivity index (χ0v) is 26.8. The van der Waals surface area contributed by atoms with Crippen molar-refractivity contribution in [3.8, 4) is 0 Å². The molecule has 0 aromatic heterocycles. The summed E-state index contributed by atoms with van der Waals surface area (Å²) in [5.74, 6) is 1.71. The van der Waals surface area contributed by atoms with Crippen LogP contribution in [0.3, 0.4) is 0 Å².